The van der Waals surface area contributed by atoms with E-state index >= 15 is 0 Å². The SMILES string of the molecule is CNC(=O)C(C)CN(C)c1ccnc(N)n1. The number of nitrogens with two attached hydrogens (primary N) is 1. The molecule has 1 atom stereocenters. The Labute approximate surface area is 94.9 Å². The predicted molar refractivity (Wildman–Crippen MR) is 62.9 cm³/mol. The number of nitrogens with zero attached hydrogens (tertiary/aromatic N) is 3. The van der Waals surface area contributed by atoms with Crippen molar-refractivity contribution in [2.45, 2.75) is 6.92 Å². The van der Waals surface area contributed by atoms with Crippen molar-refractivity contribution < 1.29 is 4.79 Å². The van der Waals surface area contributed by atoms with E-state index in [1.54, 1.807) is 19.3 Å². The fourth-order valence-corrected chi connectivity index (χ4v) is 1.41. The highest BCUT2D eigenvalue weighted by Crippen LogP contribution is 2.10. The van der Waals surface area contributed by atoms with Crippen molar-refractivity contribution in [3.8, 4) is 0 Å². The van der Waals surface area contributed by atoms with Crippen LogP contribution in [0.2, 0.25) is 0 Å². The summed E-state index contributed by atoms with van der Waals surface area (Å²) in [6.07, 6.45) is 1.60. The highest BCUT2D eigenvalue weighted by molar-refractivity contribution is 5.78. The van der Waals surface area contributed by atoms with Crippen molar-refractivity contribution in [2.75, 3.05) is 31.3 Å². The number of hydrogen-bond acceptors (Lipinski definition) is 5. The van der Waals surface area contributed by atoms with Crippen LogP contribution in [-0.2, 0) is 4.79 Å². The average molecular weight is 223 g/mol. The van der Waals surface area contributed by atoms with Crippen molar-refractivity contribution >= 4 is 17.7 Å². The van der Waals surface area contributed by atoms with Crippen LogP contribution in [0.5, 0.6) is 0 Å². The molecule has 16 heavy (non-hydrogen) atoms. The van der Waals surface area contributed by atoms with E-state index < -0.39 is 0 Å². The normalized spacial score (nSPS) is 11.9. The first-order valence-electron chi connectivity index (χ1n) is 5.06. The molecule has 1 unspecified atom stereocenters. The van der Waals surface area contributed by atoms with Crippen LogP contribution in [0.1, 0.15) is 6.92 Å². The molecule has 1 heterocycles. The topological polar surface area (TPSA) is 84.1 Å². The zero-order chi connectivity index (χ0) is 12.1. The molecule has 0 bridgehead atoms. The van der Waals surface area contributed by atoms with E-state index in [0.717, 1.165) is 0 Å². The largest absolute Gasteiger partial charge is 0.368 e. The van der Waals surface area contributed by atoms with Crippen LogP contribution in [0.3, 0.4) is 0 Å². The minimum Gasteiger partial charge on any atom is -0.368 e. The van der Waals surface area contributed by atoms with E-state index in [1.807, 2.05) is 18.9 Å². The smallest absolute Gasteiger partial charge is 0.224 e. The number of rotatable bonds is 4. The Kier molecular flexibility index (Phi) is 4.04. The third-order valence-electron chi connectivity index (χ3n) is 2.29. The highest BCUT2D eigenvalue weighted by Gasteiger charge is 2.14. The van der Waals surface area contributed by atoms with E-state index in [1.165, 1.54) is 0 Å². The summed E-state index contributed by atoms with van der Waals surface area (Å²) in [5, 5.41) is 2.61. The lowest BCUT2D eigenvalue weighted by Gasteiger charge is -2.21. The second-order valence-corrected chi connectivity index (χ2v) is 3.67. The van der Waals surface area contributed by atoms with E-state index in [9.17, 15) is 4.79 Å². The van der Waals surface area contributed by atoms with E-state index in [-0.39, 0.29) is 17.8 Å². The van der Waals surface area contributed by atoms with Gasteiger partial charge in [0.1, 0.15) is 5.82 Å². The summed E-state index contributed by atoms with van der Waals surface area (Å²) in [6, 6.07) is 1.76. The lowest BCUT2D eigenvalue weighted by Crippen LogP contribution is -2.34. The number of amides is 1. The van der Waals surface area contributed by atoms with Crippen molar-refractivity contribution in [1.82, 2.24) is 15.3 Å². The predicted octanol–water partition coefficient (Wildman–Crippen LogP) is -0.123. The maximum atomic E-state index is 11.4. The number of hydrogen-bond donors (Lipinski definition) is 2. The summed E-state index contributed by atoms with van der Waals surface area (Å²) >= 11 is 0. The number of carbonyl (C=O) groups is 1. The molecule has 0 aliphatic heterocycles. The minimum absolute atomic E-state index is 0.00822. The summed E-state index contributed by atoms with van der Waals surface area (Å²) in [4.78, 5) is 21.1. The molecule has 6 nitrogen and oxygen atoms in total. The van der Waals surface area contributed by atoms with Gasteiger partial charge in [0.25, 0.3) is 0 Å². The van der Waals surface area contributed by atoms with Crippen LogP contribution >= 0.6 is 0 Å². The fourth-order valence-electron chi connectivity index (χ4n) is 1.41. The van der Waals surface area contributed by atoms with E-state index in [0.29, 0.717) is 12.4 Å². The molecule has 0 spiro atoms. The molecule has 1 aromatic rings. The molecule has 6 heteroatoms. The molecule has 1 rings (SSSR count). The Hall–Kier alpha value is -1.85. The van der Waals surface area contributed by atoms with Crippen LogP contribution in [0.4, 0.5) is 11.8 Å². The number of nitrogen functional groups attached to an aromatic ring is 1. The van der Waals surface area contributed by atoms with Gasteiger partial charge in [-0.15, -0.1) is 0 Å². The summed E-state index contributed by atoms with van der Waals surface area (Å²) in [7, 11) is 3.49. The van der Waals surface area contributed by atoms with Gasteiger partial charge in [0.2, 0.25) is 11.9 Å². The Morgan fingerprint density at radius 2 is 2.38 bits per heavy atom. The fraction of sp³-hybridized carbons (Fsp3) is 0.500. The van der Waals surface area contributed by atoms with Gasteiger partial charge >= 0.3 is 0 Å². The number of anilines is 2. The quantitative estimate of drug-likeness (QED) is 0.743. The maximum absolute atomic E-state index is 11.4. The van der Waals surface area contributed by atoms with Gasteiger partial charge in [-0.25, -0.2) is 4.98 Å². The molecule has 0 aliphatic carbocycles. The van der Waals surface area contributed by atoms with Crippen LogP contribution in [0, 0.1) is 5.92 Å². The second kappa shape index (κ2) is 5.29. The highest BCUT2D eigenvalue weighted by atomic mass is 16.1. The van der Waals surface area contributed by atoms with Gasteiger partial charge < -0.3 is 16.0 Å². The van der Waals surface area contributed by atoms with Crippen LogP contribution in [0.15, 0.2) is 12.3 Å². The number of nitrogens with one attached hydrogen (secondary N) is 1. The van der Waals surface area contributed by atoms with Crippen molar-refractivity contribution in [1.29, 1.82) is 0 Å². The van der Waals surface area contributed by atoms with Crippen LogP contribution < -0.4 is 16.0 Å². The Morgan fingerprint density at radius 3 is 2.94 bits per heavy atom. The van der Waals surface area contributed by atoms with E-state index in [4.69, 9.17) is 5.73 Å². The lowest BCUT2D eigenvalue weighted by molar-refractivity contribution is -0.123. The molecule has 0 saturated carbocycles. The monoisotopic (exact) mass is 223 g/mol. The summed E-state index contributed by atoms with van der Waals surface area (Å²) in [5.41, 5.74) is 5.49. The summed E-state index contributed by atoms with van der Waals surface area (Å²) < 4.78 is 0. The van der Waals surface area contributed by atoms with Gasteiger partial charge in [-0.2, -0.15) is 4.98 Å². The molecule has 0 aromatic carbocycles. The molecular formula is C10H17N5O. The first-order chi connectivity index (χ1) is 7.54. The Balaban J connectivity index is 2.65. The van der Waals surface area contributed by atoms with Gasteiger partial charge in [0.05, 0.1) is 5.92 Å². The first kappa shape index (κ1) is 12.2. The average Bonchev–Trinajstić information content (AvgIpc) is 2.27. The molecule has 1 aromatic heterocycles. The molecule has 1 amide bonds. The summed E-state index contributed by atoms with van der Waals surface area (Å²) in [5.74, 6) is 0.847. The van der Waals surface area contributed by atoms with Crippen LogP contribution in [0.25, 0.3) is 0 Å². The number of aromatic nitrogens is 2. The Bertz CT molecular complexity index is 368. The molecule has 0 fully saturated rings. The maximum Gasteiger partial charge on any atom is 0.224 e. The molecule has 0 aliphatic rings. The molecule has 0 radical (unpaired) electrons. The molecule has 3 N–H and O–H groups in total. The molecule has 88 valence electrons. The minimum atomic E-state index is -0.105. The van der Waals surface area contributed by atoms with Crippen molar-refractivity contribution in [3.05, 3.63) is 12.3 Å². The van der Waals surface area contributed by atoms with E-state index in [2.05, 4.69) is 15.3 Å². The van der Waals surface area contributed by atoms with Gasteiger partial charge in [0, 0.05) is 26.8 Å². The molecular weight excluding hydrogens is 206 g/mol. The zero-order valence-electron chi connectivity index (χ0n) is 9.77. The van der Waals surface area contributed by atoms with Crippen LogP contribution in [-0.4, -0.2) is 36.5 Å². The van der Waals surface area contributed by atoms with Gasteiger partial charge in [0.15, 0.2) is 0 Å². The van der Waals surface area contributed by atoms with Gasteiger partial charge in [-0.3, -0.25) is 4.79 Å². The lowest BCUT2D eigenvalue weighted by atomic mass is 10.1. The summed E-state index contributed by atoms with van der Waals surface area (Å²) in [6.45, 7) is 2.44. The van der Waals surface area contributed by atoms with Crippen molar-refractivity contribution in [2.24, 2.45) is 5.92 Å². The third-order valence-corrected chi connectivity index (χ3v) is 2.29. The van der Waals surface area contributed by atoms with Gasteiger partial charge in [-0.05, 0) is 6.07 Å². The number of carbonyl (C=O) groups excluding carboxylic acids is 1. The Morgan fingerprint density at radius 1 is 1.69 bits per heavy atom. The molecule has 0 saturated heterocycles. The standard InChI is InChI=1S/C10H17N5O/c1-7(9(16)12-2)6-15(3)8-4-5-13-10(11)14-8/h4-5,7H,6H2,1-3H3,(H,12,16)(H2,11,13,14). The zero-order valence-corrected chi connectivity index (χ0v) is 9.77. The van der Waals surface area contributed by atoms with Gasteiger partial charge in [-0.1, -0.05) is 6.92 Å². The van der Waals surface area contributed by atoms with Crippen molar-refractivity contribution in [3.63, 3.8) is 0 Å². The second-order valence-electron chi connectivity index (χ2n) is 3.67. The third kappa shape index (κ3) is 3.08. The first-order valence-corrected chi connectivity index (χ1v) is 5.06.